The van der Waals surface area contributed by atoms with E-state index in [0.29, 0.717) is 44.3 Å². The van der Waals surface area contributed by atoms with Crippen molar-refractivity contribution in [1.82, 2.24) is 9.62 Å². The third-order valence-corrected chi connectivity index (χ3v) is 5.35. The van der Waals surface area contributed by atoms with Crippen LogP contribution in [0.3, 0.4) is 0 Å². The minimum Gasteiger partial charge on any atom is -0.486 e. The molecule has 0 radical (unpaired) electrons. The highest BCUT2D eigenvalue weighted by Gasteiger charge is 2.26. The molecule has 2 heterocycles. The Morgan fingerprint density at radius 3 is 2.62 bits per heavy atom. The highest BCUT2D eigenvalue weighted by molar-refractivity contribution is 7.89. The number of hydrogen-bond acceptors (Lipinski definition) is 5. The van der Waals surface area contributed by atoms with Crippen molar-refractivity contribution in [2.45, 2.75) is 11.3 Å². The van der Waals surface area contributed by atoms with Crippen LogP contribution in [0.15, 0.2) is 23.1 Å². The van der Waals surface area contributed by atoms with Crippen LogP contribution in [0.25, 0.3) is 0 Å². The van der Waals surface area contributed by atoms with Gasteiger partial charge in [0.15, 0.2) is 11.5 Å². The Bertz CT molecular complexity index is 586. The van der Waals surface area contributed by atoms with Gasteiger partial charge in [0.05, 0.1) is 4.90 Å². The molecule has 2 aliphatic rings. The van der Waals surface area contributed by atoms with Crippen LogP contribution in [0.5, 0.6) is 11.5 Å². The summed E-state index contributed by atoms with van der Waals surface area (Å²) < 4.78 is 37.6. The van der Waals surface area contributed by atoms with Gasteiger partial charge in [-0.3, -0.25) is 0 Å². The maximum absolute atomic E-state index is 12.6. The molecule has 0 unspecified atom stereocenters. The molecule has 0 bridgehead atoms. The number of ether oxygens (including phenoxy) is 2. The number of nitrogens with one attached hydrogen (secondary N) is 1. The number of sulfonamides is 1. The van der Waals surface area contributed by atoms with Crippen LogP contribution < -0.4 is 14.8 Å². The molecule has 0 saturated carbocycles. The third kappa shape index (κ3) is 3.42. The molecule has 3 rings (SSSR count). The number of benzene rings is 1. The first-order valence-electron chi connectivity index (χ1n) is 6.78. The Morgan fingerprint density at radius 1 is 1.05 bits per heavy atom. The molecule has 1 saturated heterocycles. The van der Waals surface area contributed by atoms with Crippen LogP contribution >= 0.6 is 12.4 Å². The first-order chi connectivity index (χ1) is 9.68. The van der Waals surface area contributed by atoms with Gasteiger partial charge in [0, 0.05) is 25.7 Å². The van der Waals surface area contributed by atoms with Crippen molar-refractivity contribution in [3.63, 3.8) is 0 Å². The molecule has 0 aliphatic carbocycles. The van der Waals surface area contributed by atoms with Crippen molar-refractivity contribution in [3.05, 3.63) is 18.2 Å². The molecular weight excluding hydrogens is 316 g/mol. The summed E-state index contributed by atoms with van der Waals surface area (Å²) in [4.78, 5) is 0.267. The summed E-state index contributed by atoms with van der Waals surface area (Å²) in [7, 11) is -3.46. The van der Waals surface area contributed by atoms with Crippen LogP contribution in [0.4, 0.5) is 0 Å². The summed E-state index contributed by atoms with van der Waals surface area (Å²) in [6, 6.07) is 4.81. The summed E-state index contributed by atoms with van der Waals surface area (Å²) in [6.45, 7) is 3.53. The van der Waals surface area contributed by atoms with Crippen molar-refractivity contribution in [1.29, 1.82) is 0 Å². The van der Waals surface area contributed by atoms with Gasteiger partial charge in [-0.15, -0.1) is 12.4 Å². The maximum Gasteiger partial charge on any atom is 0.243 e. The van der Waals surface area contributed by atoms with Gasteiger partial charge < -0.3 is 14.8 Å². The van der Waals surface area contributed by atoms with E-state index in [2.05, 4.69) is 5.32 Å². The molecule has 1 fully saturated rings. The molecule has 0 amide bonds. The molecule has 21 heavy (non-hydrogen) atoms. The molecule has 0 atom stereocenters. The lowest BCUT2D eigenvalue weighted by molar-refractivity contribution is 0.171. The van der Waals surface area contributed by atoms with Crippen LogP contribution in [0.2, 0.25) is 0 Å². The third-order valence-electron chi connectivity index (χ3n) is 3.45. The van der Waals surface area contributed by atoms with Gasteiger partial charge in [0.25, 0.3) is 0 Å². The fourth-order valence-electron chi connectivity index (χ4n) is 2.39. The zero-order valence-electron chi connectivity index (χ0n) is 11.6. The average molecular weight is 335 g/mol. The molecule has 0 aromatic heterocycles. The Balaban J connectivity index is 0.00000161. The predicted molar refractivity (Wildman–Crippen MR) is 80.9 cm³/mol. The van der Waals surface area contributed by atoms with E-state index in [0.717, 1.165) is 13.0 Å². The maximum atomic E-state index is 12.6. The second-order valence-corrected chi connectivity index (χ2v) is 6.75. The van der Waals surface area contributed by atoms with E-state index >= 15 is 0 Å². The predicted octanol–water partition coefficient (Wildman–Crippen LogP) is 0.864. The number of halogens is 1. The monoisotopic (exact) mass is 334 g/mol. The lowest BCUT2D eigenvalue weighted by atomic mass is 10.3. The zero-order valence-corrected chi connectivity index (χ0v) is 13.2. The number of rotatable bonds is 2. The highest BCUT2D eigenvalue weighted by Crippen LogP contribution is 2.33. The van der Waals surface area contributed by atoms with Gasteiger partial charge in [0.2, 0.25) is 10.0 Å². The van der Waals surface area contributed by atoms with E-state index in [9.17, 15) is 8.42 Å². The fourth-order valence-corrected chi connectivity index (χ4v) is 3.89. The standard InChI is InChI=1S/C13H18N2O4S.ClH/c16-20(17,15-6-1-4-14-5-7-15)11-2-3-12-13(10-11)19-9-8-18-12;/h2-3,10,14H,1,4-9H2;1H. The Kier molecular flexibility index (Phi) is 5.32. The quantitative estimate of drug-likeness (QED) is 0.869. The molecule has 8 heteroatoms. The minimum atomic E-state index is -3.46. The van der Waals surface area contributed by atoms with Crippen LogP contribution in [0, 0.1) is 0 Å². The average Bonchev–Trinajstić information content (AvgIpc) is 2.76. The summed E-state index contributed by atoms with van der Waals surface area (Å²) >= 11 is 0. The highest BCUT2D eigenvalue weighted by atomic mass is 35.5. The van der Waals surface area contributed by atoms with Crippen molar-refractivity contribution < 1.29 is 17.9 Å². The summed E-state index contributed by atoms with van der Waals surface area (Å²) in [5, 5.41) is 3.20. The minimum absolute atomic E-state index is 0. The number of fused-ring (bicyclic) bond motifs is 1. The number of nitrogens with zero attached hydrogens (tertiary/aromatic N) is 1. The van der Waals surface area contributed by atoms with E-state index in [1.165, 1.54) is 4.31 Å². The molecule has 118 valence electrons. The summed E-state index contributed by atoms with van der Waals surface area (Å²) in [5.74, 6) is 1.11. The molecule has 0 spiro atoms. The normalized spacial score (nSPS) is 19.4. The SMILES string of the molecule is Cl.O=S(=O)(c1ccc2c(c1)OCCO2)N1CCCNCC1. The van der Waals surface area contributed by atoms with Gasteiger partial charge in [-0.05, 0) is 25.1 Å². The molecule has 2 aliphatic heterocycles. The number of hydrogen-bond donors (Lipinski definition) is 1. The van der Waals surface area contributed by atoms with E-state index < -0.39 is 10.0 Å². The van der Waals surface area contributed by atoms with Crippen molar-refractivity contribution in [3.8, 4) is 11.5 Å². The van der Waals surface area contributed by atoms with Crippen molar-refractivity contribution >= 4 is 22.4 Å². The van der Waals surface area contributed by atoms with Gasteiger partial charge in [-0.25, -0.2) is 8.42 Å². The topological polar surface area (TPSA) is 67.9 Å². The van der Waals surface area contributed by atoms with E-state index in [1.54, 1.807) is 18.2 Å². The second-order valence-electron chi connectivity index (χ2n) is 4.81. The Hall–Kier alpha value is -1.02. The lowest BCUT2D eigenvalue weighted by Crippen LogP contribution is -2.34. The Labute approximate surface area is 130 Å². The zero-order chi connectivity index (χ0) is 14.0. The van der Waals surface area contributed by atoms with Gasteiger partial charge >= 0.3 is 0 Å². The molecule has 1 aromatic rings. The second kappa shape index (κ2) is 6.83. The van der Waals surface area contributed by atoms with Crippen LogP contribution in [-0.2, 0) is 10.0 Å². The van der Waals surface area contributed by atoms with Crippen LogP contribution in [-0.4, -0.2) is 52.1 Å². The van der Waals surface area contributed by atoms with E-state index in [1.807, 2.05) is 0 Å². The summed E-state index contributed by atoms with van der Waals surface area (Å²) in [5.41, 5.74) is 0. The van der Waals surface area contributed by atoms with Crippen LogP contribution in [0.1, 0.15) is 6.42 Å². The first-order valence-corrected chi connectivity index (χ1v) is 8.22. The largest absolute Gasteiger partial charge is 0.486 e. The van der Waals surface area contributed by atoms with Crippen molar-refractivity contribution in [2.24, 2.45) is 0 Å². The molecular formula is C13H19ClN2O4S. The fraction of sp³-hybridized carbons (Fsp3) is 0.538. The molecule has 6 nitrogen and oxygen atoms in total. The molecule has 1 aromatic carbocycles. The summed E-state index contributed by atoms with van der Waals surface area (Å²) in [6.07, 6.45) is 0.823. The Morgan fingerprint density at radius 2 is 1.81 bits per heavy atom. The van der Waals surface area contributed by atoms with Gasteiger partial charge in [0.1, 0.15) is 13.2 Å². The lowest BCUT2D eigenvalue weighted by Gasteiger charge is -2.22. The van der Waals surface area contributed by atoms with Gasteiger partial charge in [-0.1, -0.05) is 0 Å². The first kappa shape index (κ1) is 16.4. The molecule has 1 N–H and O–H groups in total. The van der Waals surface area contributed by atoms with Crippen molar-refractivity contribution in [2.75, 3.05) is 39.4 Å². The van der Waals surface area contributed by atoms with E-state index in [-0.39, 0.29) is 17.3 Å². The smallest absolute Gasteiger partial charge is 0.243 e. The van der Waals surface area contributed by atoms with Gasteiger partial charge in [-0.2, -0.15) is 4.31 Å². The van der Waals surface area contributed by atoms with E-state index in [4.69, 9.17) is 9.47 Å².